The molecule has 1 amide bonds. The zero-order valence-electron chi connectivity index (χ0n) is 13.1. The average Bonchev–Trinajstić information content (AvgIpc) is 2.53. The first-order valence-corrected chi connectivity index (χ1v) is 8.17. The minimum Gasteiger partial charge on any atom is -0.455 e. The molecule has 5 heteroatoms. The normalized spacial score (nSPS) is 11.6. The van der Waals surface area contributed by atoms with Crippen molar-refractivity contribution in [3.8, 4) is 0 Å². The van der Waals surface area contributed by atoms with Crippen molar-refractivity contribution in [1.82, 2.24) is 0 Å². The highest BCUT2D eigenvalue weighted by Gasteiger charge is 2.17. The van der Waals surface area contributed by atoms with Gasteiger partial charge in [-0.3, -0.25) is 9.59 Å². The van der Waals surface area contributed by atoms with Crippen LogP contribution in [0, 0.1) is 6.92 Å². The van der Waals surface area contributed by atoms with Crippen LogP contribution >= 0.6 is 11.8 Å². The van der Waals surface area contributed by atoms with Crippen molar-refractivity contribution in [1.29, 1.82) is 0 Å². The predicted octanol–water partition coefficient (Wildman–Crippen LogP) is 3.66. The van der Waals surface area contributed by atoms with Crippen LogP contribution in [0.2, 0.25) is 0 Å². The lowest BCUT2D eigenvalue weighted by molar-refractivity contribution is -0.146. The molecule has 23 heavy (non-hydrogen) atoms. The molecule has 0 fully saturated rings. The van der Waals surface area contributed by atoms with Gasteiger partial charge in [0.05, 0.1) is 0 Å². The van der Waals surface area contributed by atoms with E-state index >= 15 is 0 Å². The molecule has 4 nitrogen and oxygen atoms in total. The Morgan fingerprint density at radius 1 is 1.13 bits per heavy atom. The minimum atomic E-state index is -0.404. The highest BCUT2D eigenvalue weighted by Crippen LogP contribution is 2.23. The molecular weight excluding hydrogens is 310 g/mol. The van der Waals surface area contributed by atoms with Crippen molar-refractivity contribution in [3.63, 3.8) is 0 Å². The maximum atomic E-state index is 11.9. The van der Waals surface area contributed by atoms with Crippen LogP contribution in [-0.4, -0.2) is 23.7 Å². The summed E-state index contributed by atoms with van der Waals surface area (Å²) in [6.45, 7) is 3.42. The van der Waals surface area contributed by atoms with Crippen LogP contribution in [0.15, 0.2) is 59.5 Å². The highest BCUT2D eigenvalue weighted by molar-refractivity contribution is 8.00. The fourth-order valence-electron chi connectivity index (χ4n) is 1.93. The molecular formula is C18H19NO3S. The highest BCUT2D eigenvalue weighted by atomic mass is 32.2. The molecule has 2 aromatic rings. The number of hydrogen-bond acceptors (Lipinski definition) is 4. The lowest BCUT2D eigenvalue weighted by atomic mass is 10.2. The summed E-state index contributed by atoms with van der Waals surface area (Å²) in [5.41, 5.74) is 1.74. The third-order valence-corrected chi connectivity index (χ3v) is 4.13. The van der Waals surface area contributed by atoms with E-state index in [4.69, 9.17) is 4.74 Å². The van der Waals surface area contributed by atoms with Gasteiger partial charge in [-0.2, -0.15) is 0 Å². The lowest BCUT2D eigenvalue weighted by Gasteiger charge is -2.11. The first-order valence-electron chi connectivity index (χ1n) is 7.29. The third kappa shape index (κ3) is 5.79. The summed E-state index contributed by atoms with van der Waals surface area (Å²) >= 11 is 1.40. The molecule has 2 aromatic carbocycles. The zero-order chi connectivity index (χ0) is 16.7. The second-order valence-electron chi connectivity index (χ2n) is 5.10. The summed E-state index contributed by atoms with van der Waals surface area (Å²) in [5, 5.41) is 2.33. The Morgan fingerprint density at radius 3 is 2.57 bits per heavy atom. The molecule has 0 aliphatic heterocycles. The molecule has 0 aliphatic carbocycles. The van der Waals surface area contributed by atoms with E-state index < -0.39 is 5.97 Å². The maximum Gasteiger partial charge on any atom is 0.319 e. The lowest BCUT2D eigenvalue weighted by Crippen LogP contribution is -2.24. The van der Waals surface area contributed by atoms with Crippen LogP contribution in [0.1, 0.15) is 12.5 Å². The largest absolute Gasteiger partial charge is 0.455 e. The van der Waals surface area contributed by atoms with Crippen LogP contribution < -0.4 is 5.32 Å². The second-order valence-corrected chi connectivity index (χ2v) is 6.51. The molecule has 1 unspecified atom stereocenters. The fourth-order valence-corrected chi connectivity index (χ4v) is 2.81. The van der Waals surface area contributed by atoms with Crippen LogP contribution in [0.25, 0.3) is 0 Å². The quantitative estimate of drug-likeness (QED) is 0.649. The zero-order valence-corrected chi connectivity index (χ0v) is 13.9. The number of carbonyl (C=O) groups excluding carboxylic acids is 2. The number of esters is 1. The Balaban J connectivity index is 1.78. The minimum absolute atomic E-state index is 0.285. The molecule has 120 valence electrons. The third-order valence-electron chi connectivity index (χ3n) is 3.04. The number of carbonyl (C=O) groups is 2. The molecule has 1 atom stereocenters. The summed E-state index contributed by atoms with van der Waals surface area (Å²) in [6.07, 6.45) is 0. The summed E-state index contributed by atoms with van der Waals surface area (Å²) in [4.78, 5) is 24.7. The van der Waals surface area contributed by atoms with E-state index in [0.717, 1.165) is 10.5 Å². The van der Waals surface area contributed by atoms with Gasteiger partial charge in [0.15, 0.2) is 6.61 Å². The monoisotopic (exact) mass is 329 g/mol. The van der Waals surface area contributed by atoms with E-state index in [0.29, 0.717) is 5.69 Å². The van der Waals surface area contributed by atoms with Gasteiger partial charge in [0.2, 0.25) is 0 Å². The molecule has 0 heterocycles. The molecule has 0 radical (unpaired) electrons. The second kappa shape index (κ2) is 8.39. The van der Waals surface area contributed by atoms with E-state index in [1.807, 2.05) is 55.5 Å². The first-order chi connectivity index (χ1) is 11.0. The van der Waals surface area contributed by atoms with Crippen molar-refractivity contribution in [2.45, 2.75) is 24.0 Å². The summed E-state index contributed by atoms with van der Waals surface area (Å²) in [6, 6.07) is 17.0. The van der Waals surface area contributed by atoms with Gasteiger partial charge in [-0.05, 0) is 43.7 Å². The first kappa shape index (κ1) is 17.1. The number of amides is 1. The SMILES string of the molecule is Cc1cccc(NC(=O)COC(=O)C(C)Sc2ccccc2)c1. The van der Waals surface area contributed by atoms with Crippen LogP contribution in [-0.2, 0) is 14.3 Å². The number of aryl methyl sites for hydroxylation is 1. The van der Waals surface area contributed by atoms with Gasteiger partial charge in [-0.25, -0.2) is 0 Å². The topological polar surface area (TPSA) is 55.4 Å². The average molecular weight is 329 g/mol. The van der Waals surface area contributed by atoms with Crippen LogP contribution in [0.5, 0.6) is 0 Å². The summed E-state index contributed by atoms with van der Waals surface area (Å²) < 4.78 is 5.07. The fraction of sp³-hybridized carbons (Fsp3) is 0.222. The van der Waals surface area contributed by atoms with Crippen LogP contribution in [0.3, 0.4) is 0 Å². The van der Waals surface area contributed by atoms with Gasteiger partial charge >= 0.3 is 5.97 Å². The van der Waals surface area contributed by atoms with E-state index in [-0.39, 0.29) is 17.8 Å². The van der Waals surface area contributed by atoms with Gasteiger partial charge in [0.1, 0.15) is 5.25 Å². The molecule has 0 spiro atoms. The summed E-state index contributed by atoms with van der Waals surface area (Å²) in [7, 11) is 0. The Labute approximate surface area is 140 Å². The Morgan fingerprint density at radius 2 is 1.87 bits per heavy atom. The number of anilines is 1. The predicted molar refractivity (Wildman–Crippen MR) is 92.5 cm³/mol. The molecule has 0 saturated heterocycles. The standard InChI is InChI=1S/C18H19NO3S/c1-13-7-6-8-15(11-13)19-17(20)12-22-18(21)14(2)23-16-9-4-3-5-10-16/h3-11,14H,12H2,1-2H3,(H,19,20). The Bertz CT molecular complexity index is 673. The molecule has 2 rings (SSSR count). The Kier molecular flexibility index (Phi) is 6.23. The van der Waals surface area contributed by atoms with E-state index in [2.05, 4.69) is 5.32 Å². The van der Waals surface area contributed by atoms with Crippen molar-refractivity contribution < 1.29 is 14.3 Å². The number of ether oxygens (including phenoxy) is 1. The van der Waals surface area contributed by atoms with Crippen molar-refractivity contribution in [3.05, 3.63) is 60.2 Å². The number of thioether (sulfide) groups is 1. The number of nitrogens with one attached hydrogen (secondary N) is 1. The number of hydrogen-bond donors (Lipinski definition) is 1. The van der Waals surface area contributed by atoms with Crippen molar-refractivity contribution in [2.75, 3.05) is 11.9 Å². The molecule has 0 aliphatic rings. The van der Waals surface area contributed by atoms with Crippen LogP contribution in [0.4, 0.5) is 5.69 Å². The van der Waals surface area contributed by atoms with Gasteiger partial charge in [-0.15, -0.1) is 11.8 Å². The van der Waals surface area contributed by atoms with E-state index in [9.17, 15) is 9.59 Å². The smallest absolute Gasteiger partial charge is 0.319 e. The molecule has 0 bridgehead atoms. The van der Waals surface area contributed by atoms with Gasteiger partial charge < -0.3 is 10.1 Å². The Hall–Kier alpha value is -2.27. The summed E-state index contributed by atoms with van der Waals surface area (Å²) in [5.74, 6) is -0.751. The van der Waals surface area contributed by atoms with Gasteiger partial charge in [-0.1, -0.05) is 30.3 Å². The van der Waals surface area contributed by atoms with Gasteiger partial charge in [0.25, 0.3) is 5.91 Å². The number of rotatable bonds is 6. The number of benzene rings is 2. The molecule has 0 aromatic heterocycles. The van der Waals surface area contributed by atoms with Crippen molar-refractivity contribution >= 4 is 29.3 Å². The molecule has 1 N–H and O–H groups in total. The molecule has 0 saturated carbocycles. The van der Waals surface area contributed by atoms with Crippen molar-refractivity contribution in [2.24, 2.45) is 0 Å². The maximum absolute atomic E-state index is 11.9. The van der Waals surface area contributed by atoms with Gasteiger partial charge in [0, 0.05) is 10.6 Å². The van der Waals surface area contributed by atoms with E-state index in [1.54, 1.807) is 13.0 Å². The van der Waals surface area contributed by atoms with E-state index in [1.165, 1.54) is 11.8 Å².